The van der Waals surface area contributed by atoms with Crippen LogP contribution in [-0.2, 0) is 5.88 Å². The van der Waals surface area contributed by atoms with Crippen molar-refractivity contribution in [3.8, 4) is 5.88 Å². The van der Waals surface area contributed by atoms with Gasteiger partial charge in [0.15, 0.2) is 0 Å². The molecule has 1 heterocycles. The summed E-state index contributed by atoms with van der Waals surface area (Å²) in [6.45, 7) is 0.780. The highest BCUT2D eigenvalue weighted by Gasteiger charge is 2.15. The minimum atomic E-state index is 0.421. The summed E-state index contributed by atoms with van der Waals surface area (Å²) < 4.78 is 6.03. The molecule has 1 fully saturated rings. The molecule has 0 atom stereocenters. The third kappa shape index (κ3) is 3.06. The van der Waals surface area contributed by atoms with Crippen LogP contribution in [0.15, 0.2) is 30.3 Å². The average molecular weight is 290 g/mol. The molecule has 1 aliphatic carbocycles. The molecule has 0 unspecified atom stereocenters. The maximum absolute atomic E-state index is 6.03. The number of halogens is 1. The van der Waals surface area contributed by atoms with Crippen molar-refractivity contribution >= 4 is 22.4 Å². The fraction of sp³-hybridized carbons (Fsp3) is 0.471. The number of pyridine rings is 1. The molecule has 0 spiro atoms. The second-order valence-corrected chi connectivity index (χ2v) is 5.86. The van der Waals surface area contributed by atoms with Crippen molar-refractivity contribution in [2.45, 2.75) is 38.0 Å². The zero-order valence-electron chi connectivity index (χ0n) is 11.6. The van der Waals surface area contributed by atoms with Crippen LogP contribution in [0.4, 0.5) is 0 Å². The Balaban J connectivity index is 1.81. The molecule has 1 aromatic carbocycles. The Morgan fingerprint density at radius 3 is 2.75 bits per heavy atom. The van der Waals surface area contributed by atoms with E-state index < -0.39 is 0 Å². The van der Waals surface area contributed by atoms with Gasteiger partial charge in [0.2, 0.25) is 5.88 Å². The van der Waals surface area contributed by atoms with Crippen molar-refractivity contribution in [2.24, 2.45) is 5.92 Å². The van der Waals surface area contributed by atoms with Crippen LogP contribution in [0, 0.1) is 5.92 Å². The van der Waals surface area contributed by atoms with Gasteiger partial charge in [-0.3, -0.25) is 0 Å². The van der Waals surface area contributed by atoms with Crippen LogP contribution in [0.25, 0.3) is 10.8 Å². The lowest BCUT2D eigenvalue weighted by molar-refractivity contribution is 0.205. The van der Waals surface area contributed by atoms with Gasteiger partial charge in [-0.15, -0.1) is 11.6 Å². The van der Waals surface area contributed by atoms with Crippen molar-refractivity contribution in [1.82, 2.24) is 4.98 Å². The summed E-state index contributed by atoms with van der Waals surface area (Å²) in [6.07, 6.45) is 6.62. The van der Waals surface area contributed by atoms with E-state index in [0.29, 0.717) is 11.8 Å². The fourth-order valence-electron chi connectivity index (χ4n) is 2.95. The van der Waals surface area contributed by atoms with E-state index >= 15 is 0 Å². The van der Waals surface area contributed by atoms with E-state index in [0.717, 1.165) is 29.0 Å². The number of hydrogen-bond donors (Lipinski definition) is 0. The Hall–Kier alpha value is -1.28. The highest BCUT2D eigenvalue weighted by atomic mass is 35.5. The van der Waals surface area contributed by atoms with Crippen molar-refractivity contribution < 1.29 is 4.74 Å². The summed E-state index contributed by atoms with van der Waals surface area (Å²) >= 11 is 5.93. The Morgan fingerprint density at radius 2 is 1.95 bits per heavy atom. The number of alkyl halides is 1. The molecule has 1 saturated carbocycles. The largest absolute Gasteiger partial charge is 0.477 e. The summed E-state index contributed by atoms with van der Waals surface area (Å²) in [5.41, 5.74) is 0.879. The Labute approximate surface area is 125 Å². The molecule has 3 rings (SSSR count). The van der Waals surface area contributed by atoms with Crippen molar-refractivity contribution in [3.05, 3.63) is 36.0 Å². The number of fused-ring (bicyclic) bond motifs is 1. The molecule has 0 radical (unpaired) electrons. The highest BCUT2D eigenvalue weighted by Crippen LogP contribution is 2.28. The van der Waals surface area contributed by atoms with Crippen LogP contribution in [0.3, 0.4) is 0 Å². The zero-order chi connectivity index (χ0) is 13.8. The Morgan fingerprint density at radius 1 is 1.15 bits per heavy atom. The summed E-state index contributed by atoms with van der Waals surface area (Å²) in [5.74, 6) is 1.85. The van der Waals surface area contributed by atoms with Crippen LogP contribution in [0.5, 0.6) is 5.88 Å². The molecule has 1 aliphatic rings. The van der Waals surface area contributed by atoms with Gasteiger partial charge in [-0.25, -0.2) is 4.98 Å². The smallest absolute Gasteiger partial charge is 0.221 e. The van der Waals surface area contributed by atoms with E-state index in [1.165, 1.54) is 32.1 Å². The molecule has 0 saturated heterocycles. The van der Waals surface area contributed by atoms with Gasteiger partial charge in [0.05, 0.1) is 18.2 Å². The molecule has 3 heteroatoms. The van der Waals surface area contributed by atoms with E-state index in [9.17, 15) is 0 Å². The molecule has 2 nitrogen and oxygen atoms in total. The summed E-state index contributed by atoms with van der Waals surface area (Å²) in [6, 6.07) is 10.2. The first-order valence-electron chi connectivity index (χ1n) is 7.44. The summed E-state index contributed by atoms with van der Waals surface area (Å²) in [4.78, 5) is 4.55. The minimum absolute atomic E-state index is 0.421. The van der Waals surface area contributed by atoms with Gasteiger partial charge in [0.25, 0.3) is 0 Å². The Kier molecular flexibility index (Phi) is 4.41. The van der Waals surface area contributed by atoms with Crippen molar-refractivity contribution in [3.63, 3.8) is 0 Å². The van der Waals surface area contributed by atoms with E-state index in [1.807, 2.05) is 18.2 Å². The van der Waals surface area contributed by atoms with Crippen LogP contribution >= 0.6 is 11.6 Å². The summed E-state index contributed by atoms with van der Waals surface area (Å²) in [5, 5.41) is 2.23. The van der Waals surface area contributed by atoms with E-state index in [-0.39, 0.29) is 0 Å². The normalized spacial score (nSPS) is 16.4. The molecule has 106 valence electrons. The van der Waals surface area contributed by atoms with Crippen LogP contribution < -0.4 is 4.74 Å². The number of benzene rings is 1. The third-order valence-corrected chi connectivity index (χ3v) is 4.35. The van der Waals surface area contributed by atoms with E-state index in [1.54, 1.807) is 0 Å². The summed E-state index contributed by atoms with van der Waals surface area (Å²) in [7, 11) is 0. The number of aromatic nitrogens is 1. The number of ether oxygens (including phenoxy) is 1. The lowest BCUT2D eigenvalue weighted by Gasteiger charge is -2.21. The van der Waals surface area contributed by atoms with Gasteiger partial charge in [-0.05, 0) is 36.3 Å². The monoisotopic (exact) mass is 289 g/mol. The minimum Gasteiger partial charge on any atom is -0.477 e. The van der Waals surface area contributed by atoms with Crippen molar-refractivity contribution in [2.75, 3.05) is 6.61 Å². The lowest BCUT2D eigenvalue weighted by atomic mass is 9.90. The first kappa shape index (κ1) is 13.7. The van der Waals surface area contributed by atoms with Crippen LogP contribution in [0.1, 0.15) is 37.8 Å². The van der Waals surface area contributed by atoms with E-state index in [4.69, 9.17) is 16.3 Å². The van der Waals surface area contributed by atoms with Crippen LogP contribution in [-0.4, -0.2) is 11.6 Å². The molecule has 0 bridgehead atoms. The maximum Gasteiger partial charge on any atom is 0.221 e. The number of rotatable bonds is 4. The molecular weight excluding hydrogens is 270 g/mol. The second kappa shape index (κ2) is 6.45. The van der Waals surface area contributed by atoms with Crippen LogP contribution in [0.2, 0.25) is 0 Å². The topological polar surface area (TPSA) is 22.1 Å². The van der Waals surface area contributed by atoms with Gasteiger partial charge in [0.1, 0.15) is 0 Å². The molecule has 0 amide bonds. The fourth-order valence-corrected chi connectivity index (χ4v) is 3.09. The maximum atomic E-state index is 6.03. The average Bonchev–Trinajstić information content (AvgIpc) is 2.53. The van der Waals surface area contributed by atoms with Gasteiger partial charge in [-0.1, -0.05) is 37.5 Å². The quantitative estimate of drug-likeness (QED) is 0.744. The molecule has 2 aromatic rings. The third-order valence-electron chi connectivity index (χ3n) is 4.08. The predicted molar refractivity (Wildman–Crippen MR) is 83.4 cm³/mol. The Bertz CT molecular complexity index is 578. The zero-order valence-corrected chi connectivity index (χ0v) is 12.4. The first-order chi connectivity index (χ1) is 9.86. The molecule has 0 N–H and O–H groups in total. The number of nitrogens with zero attached hydrogens (tertiary/aromatic N) is 1. The molecular formula is C17H20ClNO. The second-order valence-electron chi connectivity index (χ2n) is 5.59. The molecule has 0 aliphatic heterocycles. The van der Waals surface area contributed by atoms with Gasteiger partial charge in [0, 0.05) is 5.39 Å². The highest BCUT2D eigenvalue weighted by molar-refractivity contribution is 6.17. The van der Waals surface area contributed by atoms with Gasteiger partial charge >= 0.3 is 0 Å². The first-order valence-corrected chi connectivity index (χ1v) is 7.97. The lowest BCUT2D eigenvalue weighted by Crippen LogP contribution is -2.16. The van der Waals surface area contributed by atoms with Gasteiger partial charge in [-0.2, -0.15) is 0 Å². The standard InChI is InChI=1S/C17H20ClNO/c18-11-15-10-14-8-4-5-9-16(14)17(19-15)20-12-13-6-2-1-3-7-13/h4-5,8-10,13H,1-3,6-7,11-12H2. The molecule has 20 heavy (non-hydrogen) atoms. The van der Waals surface area contributed by atoms with Gasteiger partial charge < -0.3 is 4.74 Å². The van der Waals surface area contributed by atoms with Crippen molar-refractivity contribution in [1.29, 1.82) is 0 Å². The van der Waals surface area contributed by atoms with E-state index in [2.05, 4.69) is 17.1 Å². The predicted octanol–water partition coefficient (Wildman–Crippen LogP) is 4.93. The number of hydrogen-bond acceptors (Lipinski definition) is 2. The molecule has 1 aromatic heterocycles. The SMILES string of the molecule is ClCc1cc2ccccc2c(OCC2CCCCC2)n1.